The number of carbonyl (C=O) groups excluding carboxylic acids is 3. The molecule has 0 aliphatic carbocycles. The van der Waals surface area contributed by atoms with Crippen molar-refractivity contribution in [3.8, 4) is 5.75 Å². The zero-order valence-electron chi connectivity index (χ0n) is 30.9. The second-order valence-corrected chi connectivity index (χ2v) is 13.3. The lowest BCUT2D eigenvalue weighted by atomic mass is 10.0. The standard InChI is InChI=1S/C34H51N9O10/c1-34(2,3)53-33(48)36-12-14-51-16-15-50-13-11-35-32(47)40-23(17-21-7-9-22(49-6)10-8-21)30(46)41-25-24(18-44)52-31(27(25)45)43-20-39-26-28(42(4)5)37-19-38-29(26)43/h7-10,19-20,23-25,27,31,44-45H,11-18H2,1-6H3,(H,36,48)(H,41,46)(H2,35,40,47)/t23?,24-,25-,27-,31-/m1/s1. The predicted molar refractivity (Wildman–Crippen MR) is 191 cm³/mol. The number of rotatable bonds is 18. The summed E-state index contributed by atoms with van der Waals surface area (Å²) in [5, 5.41) is 32.3. The number of hydrogen-bond acceptors (Lipinski definition) is 14. The molecule has 3 aromatic rings. The fourth-order valence-electron chi connectivity index (χ4n) is 5.44. The van der Waals surface area contributed by atoms with E-state index in [0.29, 0.717) is 22.7 Å². The van der Waals surface area contributed by atoms with Crippen LogP contribution in [0, 0.1) is 0 Å². The van der Waals surface area contributed by atoms with Gasteiger partial charge < -0.3 is 60.1 Å². The maximum absolute atomic E-state index is 13.8. The Hall–Kier alpha value is -4.82. The monoisotopic (exact) mass is 745 g/mol. The molecule has 5 atom stereocenters. The van der Waals surface area contributed by atoms with Crippen molar-refractivity contribution >= 4 is 35.0 Å². The van der Waals surface area contributed by atoms with Crippen LogP contribution in [-0.2, 0) is 30.2 Å². The van der Waals surface area contributed by atoms with Crippen LogP contribution in [0.5, 0.6) is 5.75 Å². The molecule has 3 heterocycles. The van der Waals surface area contributed by atoms with E-state index < -0.39 is 60.8 Å². The van der Waals surface area contributed by atoms with Gasteiger partial charge in [0.1, 0.15) is 35.9 Å². The molecule has 19 heteroatoms. The molecule has 53 heavy (non-hydrogen) atoms. The normalized spacial score (nSPS) is 19.0. The van der Waals surface area contributed by atoms with Crippen molar-refractivity contribution in [2.75, 3.05) is 72.2 Å². The molecule has 0 radical (unpaired) electrons. The van der Waals surface area contributed by atoms with Crippen LogP contribution in [0.4, 0.5) is 15.4 Å². The first kappa shape index (κ1) is 40.9. The number of benzene rings is 1. The number of hydrogen-bond donors (Lipinski definition) is 6. The lowest BCUT2D eigenvalue weighted by molar-refractivity contribution is -0.124. The third-order valence-corrected chi connectivity index (χ3v) is 7.94. The van der Waals surface area contributed by atoms with Crippen LogP contribution in [0.2, 0.25) is 0 Å². The smallest absolute Gasteiger partial charge is 0.407 e. The molecule has 1 aliphatic rings. The number of nitrogens with one attached hydrogen (secondary N) is 4. The van der Waals surface area contributed by atoms with E-state index in [1.54, 1.807) is 57.0 Å². The van der Waals surface area contributed by atoms with Gasteiger partial charge in [0.25, 0.3) is 0 Å². The van der Waals surface area contributed by atoms with Crippen LogP contribution in [0.25, 0.3) is 11.2 Å². The van der Waals surface area contributed by atoms with Gasteiger partial charge in [0.05, 0.1) is 52.5 Å². The zero-order valence-corrected chi connectivity index (χ0v) is 30.9. The van der Waals surface area contributed by atoms with Gasteiger partial charge in [-0.05, 0) is 38.5 Å². The van der Waals surface area contributed by atoms with Gasteiger partial charge in [-0.25, -0.2) is 24.5 Å². The van der Waals surface area contributed by atoms with Gasteiger partial charge in [0, 0.05) is 33.6 Å². The second-order valence-electron chi connectivity index (χ2n) is 13.3. The summed E-state index contributed by atoms with van der Waals surface area (Å²) in [5.41, 5.74) is 1.04. The number of anilines is 1. The molecule has 1 fully saturated rings. The van der Waals surface area contributed by atoms with Gasteiger partial charge in [-0.15, -0.1) is 0 Å². The lowest BCUT2D eigenvalue weighted by Gasteiger charge is -2.25. The third kappa shape index (κ3) is 11.8. The topological polar surface area (TPSA) is 233 Å². The Bertz CT molecular complexity index is 1630. The highest BCUT2D eigenvalue weighted by Gasteiger charge is 2.46. The fraction of sp³-hybridized carbons (Fsp3) is 0.588. The highest BCUT2D eigenvalue weighted by atomic mass is 16.6. The number of amides is 4. The van der Waals surface area contributed by atoms with Crippen molar-refractivity contribution < 1.29 is 48.3 Å². The molecular weight excluding hydrogens is 694 g/mol. The van der Waals surface area contributed by atoms with Gasteiger partial charge in [-0.2, -0.15) is 0 Å². The maximum Gasteiger partial charge on any atom is 0.407 e. The van der Waals surface area contributed by atoms with Crippen LogP contribution >= 0.6 is 0 Å². The number of methoxy groups -OCH3 is 1. The van der Waals surface area contributed by atoms with E-state index in [4.69, 9.17) is 23.7 Å². The summed E-state index contributed by atoms with van der Waals surface area (Å²) < 4.78 is 28.9. The van der Waals surface area contributed by atoms with Crippen LogP contribution in [0.1, 0.15) is 32.6 Å². The number of aromatic nitrogens is 4. The molecule has 0 bridgehead atoms. The molecule has 19 nitrogen and oxygen atoms in total. The first-order chi connectivity index (χ1) is 25.3. The zero-order chi connectivity index (χ0) is 38.5. The number of fused-ring (bicyclic) bond motifs is 1. The Morgan fingerprint density at radius 2 is 1.68 bits per heavy atom. The van der Waals surface area contributed by atoms with E-state index in [2.05, 4.69) is 36.2 Å². The molecule has 0 saturated carbocycles. The number of aliphatic hydroxyl groups is 2. The van der Waals surface area contributed by atoms with Crippen molar-refractivity contribution in [3.05, 3.63) is 42.5 Å². The van der Waals surface area contributed by atoms with Gasteiger partial charge in [-0.3, -0.25) is 9.36 Å². The van der Waals surface area contributed by atoms with Crippen molar-refractivity contribution in [2.24, 2.45) is 0 Å². The van der Waals surface area contributed by atoms with Crippen molar-refractivity contribution in [3.63, 3.8) is 0 Å². The SMILES string of the molecule is COc1ccc(CC(NC(=O)NCCOCCOCCNC(=O)OC(C)(C)C)C(=O)N[C@H]2[C@@H](O)[C@H](n3cnc4c(N(C)C)ncnc43)O[C@@H]2CO)cc1. The molecule has 1 saturated heterocycles. The van der Waals surface area contributed by atoms with Gasteiger partial charge in [0.15, 0.2) is 23.2 Å². The van der Waals surface area contributed by atoms with Crippen molar-refractivity contribution in [1.29, 1.82) is 0 Å². The number of imidazole rings is 1. The van der Waals surface area contributed by atoms with E-state index in [9.17, 15) is 24.6 Å². The van der Waals surface area contributed by atoms with Crippen molar-refractivity contribution in [2.45, 2.75) is 63.3 Å². The highest BCUT2D eigenvalue weighted by Crippen LogP contribution is 2.32. The van der Waals surface area contributed by atoms with Crippen LogP contribution < -0.4 is 30.9 Å². The molecule has 2 aromatic heterocycles. The first-order valence-corrected chi connectivity index (χ1v) is 17.2. The molecule has 1 aliphatic heterocycles. The Kier molecular flexibility index (Phi) is 14.9. The molecule has 1 unspecified atom stereocenters. The fourth-order valence-corrected chi connectivity index (χ4v) is 5.44. The second kappa shape index (κ2) is 19.3. The summed E-state index contributed by atoms with van der Waals surface area (Å²) in [5.74, 6) is 0.587. The number of urea groups is 1. The van der Waals surface area contributed by atoms with E-state index in [-0.39, 0.29) is 45.9 Å². The Morgan fingerprint density at radius 3 is 2.30 bits per heavy atom. The number of nitrogens with zero attached hydrogens (tertiary/aromatic N) is 5. The van der Waals surface area contributed by atoms with Crippen molar-refractivity contribution in [1.82, 2.24) is 40.8 Å². The predicted octanol–water partition coefficient (Wildman–Crippen LogP) is 0.105. The number of ether oxygens (including phenoxy) is 5. The molecule has 0 spiro atoms. The molecule has 292 valence electrons. The highest BCUT2D eigenvalue weighted by molar-refractivity contribution is 5.87. The number of carbonyl (C=O) groups is 3. The quantitative estimate of drug-likeness (QED) is 0.0950. The maximum atomic E-state index is 13.8. The molecular formula is C34H51N9O10. The summed E-state index contributed by atoms with van der Waals surface area (Å²) in [4.78, 5) is 53.1. The van der Waals surface area contributed by atoms with E-state index >= 15 is 0 Å². The van der Waals surface area contributed by atoms with Crippen LogP contribution in [0.15, 0.2) is 36.9 Å². The minimum atomic E-state index is -1.32. The average Bonchev–Trinajstić information content (AvgIpc) is 3.68. The summed E-state index contributed by atoms with van der Waals surface area (Å²) in [6.45, 7) is 6.25. The summed E-state index contributed by atoms with van der Waals surface area (Å²) in [7, 11) is 5.17. The molecule has 1 aromatic carbocycles. The van der Waals surface area contributed by atoms with E-state index in [1.165, 1.54) is 17.2 Å². The van der Waals surface area contributed by atoms with Gasteiger partial charge >= 0.3 is 12.1 Å². The number of alkyl carbamates (subject to hydrolysis) is 1. The lowest BCUT2D eigenvalue weighted by Crippen LogP contribution is -2.57. The number of aliphatic hydroxyl groups excluding tert-OH is 2. The van der Waals surface area contributed by atoms with E-state index in [1.807, 2.05) is 14.1 Å². The third-order valence-electron chi connectivity index (χ3n) is 7.94. The van der Waals surface area contributed by atoms with Gasteiger partial charge in [-0.1, -0.05) is 12.1 Å². The van der Waals surface area contributed by atoms with Crippen LogP contribution in [0.3, 0.4) is 0 Å². The summed E-state index contributed by atoms with van der Waals surface area (Å²) >= 11 is 0. The Balaban J connectivity index is 1.31. The molecule has 4 amide bonds. The minimum absolute atomic E-state index is 0.104. The Morgan fingerprint density at radius 1 is 1.00 bits per heavy atom. The van der Waals surface area contributed by atoms with Gasteiger partial charge in [0.2, 0.25) is 5.91 Å². The molecule has 6 N–H and O–H groups in total. The van der Waals surface area contributed by atoms with E-state index in [0.717, 1.165) is 5.56 Å². The average molecular weight is 746 g/mol. The minimum Gasteiger partial charge on any atom is -0.497 e. The molecule has 4 rings (SSSR count). The summed E-state index contributed by atoms with van der Waals surface area (Å²) in [6, 6.07) is 4.29. The van der Waals surface area contributed by atoms with Crippen LogP contribution in [-0.4, -0.2) is 145 Å². The Labute approximate surface area is 307 Å². The first-order valence-electron chi connectivity index (χ1n) is 17.2. The largest absolute Gasteiger partial charge is 0.497 e. The summed E-state index contributed by atoms with van der Waals surface area (Å²) in [6.07, 6.45) is -0.921.